The smallest absolute Gasteiger partial charge is 0.171 e. The molecule has 118 valence electrons. The number of phenolic OH excluding ortho intramolecular Hbond substituents is 1. The van der Waals surface area contributed by atoms with Crippen molar-refractivity contribution in [1.29, 1.82) is 0 Å². The molecule has 0 saturated heterocycles. The molecule has 0 atom stereocenters. The fourth-order valence-electron chi connectivity index (χ4n) is 2.49. The molecule has 0 fully saturated rings. The second-order valence-corrected chi connectivity index (χ2v) is 8.24. The standard InChI is InChI=1S/C15H22Cl2N2OS/c1-14(2,3)8-15(4,5)19-13(21)18-11-7-9(16)6-10(17)12(11)20/h6-7,20H,8H2,1-5H3,(H2,18,19,21). The van der Waals surface area contributed by atoms with E-state index in [1.54, 1.807) is 6.07 Å². The van der Waals surface area contributed by atoms with Gasteiger partial charge in [-0.2, -0.15) is 0 Å². The Balaban J connectivity index is 2.79. The summed E-state index contributed by atoms with van der Waals surface area (Å²) in [6.07, 6.45) is 0.935. The highest BCUT2D eigenvalue weighted by Crippen LogP contribution is 2.35. The lowest BCUT2D eigenvalue weighted by Gasteiger charge is -2.34. The van der Waals surface area contributed by atoms with Gasteiger partial charge in [0.15, 0.2) is 10.9 Å². The first-order valence-electron chi connectivity index (χ1n) is 6.67. The molecule has 0 aliphatic rings. The normalized spacial score (nSPS) is 12.1. The Bertz CT molecular complexity index is 539. The first-order valence-corrected chi connectivity index (χ1v) is 7.83. The van der Waals surface area contributed by atoms with Crippen LogP contribution in [0.15, 0.2) is 12.1 Å². The topological polar surface area (TPSA) is 44.3 Å². The number of rotatable bonds is 3. The average Bonchev–Trinajstić information content (AvgIpc) is 2.20. The van der Waals surface area contributed by atoms with E-state index in [2.05, 4.69) is 45.3 Å². The summed E-state index contributed by atoms with van der Waals surface area (Å²) in [4.78, 5) is 0. The zero-order valence-corrected chi connectivity index (χ0v) is 15.3. The second kappa shape index (κ2) is 6.59. The summed E-state index contributed by atoms with van der Waals surface area (Å²) in [7, 11) is 0. The monoisotopic (exact) mass is 348 g/mol. The fourth-order valence-corrected chi connectivity index (χ4v) is 3.37. The lowest BCUT2D eigenvalue weighted by Crippen LogP contribution is -2.47. The first-order chi connectivity index (χ1) is 9.39. The zero-order valence-electron chi connectivity index (χ0n) is 13.0. The van der Waals surface area contributed by atoms with Gasteiger partial charge < -0.3 is 15.7 Å². The van der Waals surface area contributed by atoms with Crippen LogP contribution in [0, 0.1) is 5.41 Å². The summed E-state index contributed by atoms with van der Waals surface area (Å²) in [5, 5.41) is 17.1. The Morgan fingerprint density at radius 1 is 1.19 bits per heavy atom. The number of halogens is 2. The van der Waals surface area contributed by atoms with Gasteiger partial charge in [0.1, 0.15) is 0 Å². The Morgan fingerprint density at radius 3 is 2.29 bits per heavy atom. The number of benzene rings is 1. The van der Waals surface area contributed by atoms with Crippen LogP contribution in [0.1, 0.15) is 41.0 Å². The van der Waals surface area contributed by atoms with Crippen LogP contribution >= 0.6 is 35.4 Å². The molecule has 0 amide bonds. The molecule has 1 rings (SSSR count). The number of thiocarbonyl (C=S) groups is 1. The van der Waals surface area contributed by atoms with Gasteiger partial charge in [-0.15, -0.1) is 0 Å². The molecule has 0 radical (unpaired) electrons. The number of hydrogen-bond donors (Lipinski definition) is 3. The third-order valence-corrected chi connectivity index (χ3v) is 3.41. The third-order valence-electron chi connectivity index (χ3n) is 2.70. The van der Waals surface area contributed by atoms with Crippen molar-refractivity contribution in [2.24, 2.45) is 5.41 Å². The van der Waals surface area contributed by atoms with Gasteiger partial charge in [0.05, 0.1) is 10.7 Å². The molecule has 21 heavy (non-hydrogen) atoms. The van der Waals surface area contributed by atoms with Gasteiger partial charge in [0.2, 0.25) is 0 Å². The van der Waals surface area contributed by atoms with E-state index in [9.17, 15) is 5.11 Å². The van der Waals surface area contributed by atoms with Crippen LogP contribution < -0.4 is 10.6 Å². The van der Waals surface area contributed by atoms with E-state index in [0.717, 1.165) is 6.42 Å². The van der Waals surface area contributed by atoms with Crippen molar-refractivity contribution < 1.29 is 5.11 Å². The lowest BCUT2D eigenvalue weighted by atomic mass is 9.82. The number of hydrogen-bond acceptors (Lipinski definition) is 2. The van der Waals surface area contributed by atoms with E-state index in [1.807, 2.05) is 0 Å². The zero-order chi connectivity index (χ0) is 16.4. The molecule has 3 nitrogen and oxygen atoms in total. The Kier molecular flexibility index (Phi) is 5.76. The molecule has 0 spiro atoms. The molecule has 3 N–H and O–H groups in total. The highest BCUT2D eigenvalue weighted by Gasteiger charge is 2.26. The number of nitrogens with one attached hydrogen (secondary N) is 2. The Labute approximate surface area is 142 Å². The minimum Gasteiger partial charge on any atom is -0.504 e. The van der Waals surface area contributed by atoms with Gasteiger partial charge in [0, 0.05) is 10.6 Å². The second-order valence-electron chi connectivity index (χ2n) is 6.98. The van der Waals surface area contributed by atoms with Gasteiger partial charge in [0.25, 0.3) is 0 Å². The molecule has 0 saturated carbocycles. The van der Waals surface area contributed by atoms with E-state index < -0.39 is 0 Å². The summed E-state index contributed by atoms with van der Waals surface area (Å²) >= 11 is 17.1. The number of phenols is 1. The predicted octanol–water partition coefficient (Wildman–Crippen LogP) is 5.20. The number of aromatic hydroxyl groups is 1. The highest BCUT2D eigenvalue weighted by atomic mass is 35.5. The van der Waals surface area contributed by atoms with Crippen LogP contribution in [0.5, 0.6) is 5.75 Å². The van der Waals surface area contributed by atoms with Gasteiger partial charge in [-0.05, 0) is 50.0 Å². The first kappa shape index (κ1) is 18.3. The summed E-state index contributed by atoms with van der Waals surface area (Å²) in [5.74, 6) is -0.0705. The molecule has 0 aromatic heterocycles. The average molecular weight is 349 g/mol. The van der Waals surface area contributed by atoms with E-state index in [1.165, 1.54) is 6.07 Å². The molecular formula is C15H22Cl2N2OS. The SMILES string of the molecule is CC(C)(C)CC(C)(C)NC(=S)Nc1cc(Cl)cc(Cl)c1O. The molecule has 0 unspecified atom stereocenters. The van der Waals surface area contributed by atoms with Gasteiger partial charge >= 0.3 is 0 Å². The van der Waals surface area contributed by atoms with E-state index in [-0.39, 0.29) is 21.7 Å². The van der Waals surface area contributed by atoms with E-state index in [4.69, 9.17) is 35.4 Å². The molecule has 0 heterocycles. The van der Waals surface area contributed by atoms with Gasteiger partial charge in [-0.25, -0.2) is 0 Å². The van der Waals surface area contributed by atoms with E-state index >= 15 is 0 Å². The van der Waals surface area contributed by atoms with Crippen molar-refractivity contribution >= 4 is 46.2 Å². The van der Waals surface area contributed by atoms with Crippen molar-refractivity contribution in [3.05, 3.63) is 22.2 Å². The van der Waals surface area contributed by atoms with Crippen LogP contribution in [0.25, 0.3) is 0 Å². The van der Waals surface area contributed by atoms with Crippen molar-refractivity contribution in [1.82, 2.24) is 5.32 Å². The summed E-state index contributed by atoms with van der Waals surface area (Å²) < 4.78 is 0. The van der Waals surface area contributed by atoms with Crippen molar-refractivity contribution in [3.63, 3.8) is 0 Å². The Hall–Kier alpha value is -0.710. The largest absolute Gasteiger partial charge is 0.504 e. The van der Waals surface area contributed by atoms with Crippen LogP contribution in [0.3, 0.4) is 0 Å². The quantitative estimate of drug-likeness (QED) is 0.518. The minimum absolute atomic E-state index is 0.0705. The third kappa shape index (κ3) is 6.29. The van der Waals surface area contributed by atoms with Crippen LogP contribution in [-0.4, -0.2) is 15.8 Å². The molecule has 0 bridgehead atoms. The number of anilines is 1. The summed E-state index contributed by atoms with van der Waals surface area (Å²) in [6.45, 7) is 10.7. The molecule has 1 aromatic rings. The maximum absolute atomic E-state index is 9.92. The lowest BCUT2D eigenvalue weighted by molar-refractivity contribution is 0.268. The van der Waals surface area contributed by atoms with Crippen molar-refractivity contribution in [2.45, 2.75) is 46.6 Å². The molecule has 0 aliphatic heterocycles. The predicted molar refractivity (Wildman–Crippen MR) is 95.6 cm³/mol. The maximum Gasteiger partial charge on any atom is 0.171 e. The van der Waals surface area contributed by atoms with Crippen LogP contribution in [0.4, 0.5) is 5.69 Å². The van der Waals surface area contributed by atoms with Gasteiger partial charge in [-0.1, -0.05) is 44.0 Å². The maximum atomic E-state index is 9.92. The van der Waals surface area contributed by atoms with Crippen LogP contribution in [-0.2, 0) is 0 Å². The van der Waals surface area contributed by atoms with Crippen LogP contribution in [0.2, 0.25) is 10.0 Å². The Morgan fingerprint density at radius 2 is 1.76 bits per heavy atom. The van der Waals surface area contributed by atoms with Crippen molar-refractivity contribution in [2.75, 3.05) is 5.32 Å². The molecule has 1 aromatic carbocycles. The minimum atomic E-state index is -0.180. The van der Waals surface area contributed by atoms with Gasteiger partial charge in [-0.3, -0.25) is 0 Å². The molecule has 6 heteroatoms. The van der Waals surface area contributed by atoms with E-state index in [0.29, 0.717) is 15.8 Å². The summed E-state index contributed by atoms with van der Waals surface area (Å²) in [6, 6.07) is 3.05. The fraction of sp³-hybridized carbons (Fsp3) is 0.533. The molecular weight excluding hydrogens is 327 g/mol. The molecule has 0 aliphatic carbocycles. The summed E-state index contributed by atoms with van der Waals surface area (Å²) in [5.41, 5.74) is 0.380. The highest BCUT2D eigenvalue weighted by molar-refractivity contribution is 7.80. The van der Waals surface area contributed by atoms with Crippen molar-refractivity contribution in [3.8, 4) is 5.75 Å².